The molecule has 0 N–H and O–H groups in total. The van der Waals surface area contributed by atoms with Crippen molar-refractivity contribution < 1.29 is 0 Å². The minimum Gasteiger partial charge on any atom is -0.0779 e. The summed E-state index contributed by atoms with van der Waals surface area (Å²) in [4.78, 5) is 0. The summed E-state index contributed by atoms with van der Waals surface area (Å²) < 4.78 is 0. The standard InChI is InChI=1S/C10H18Si/c1-4-8-5-9(7(2)3)10(11)6-8/h5-7,10H,4H2,1-3,11H3. The highest BCUT2D eigenvalue weighted by molar-refractivity contribution is 6.15. The molecule has 0 saturated heterocycles. The van der Waals surface area contributed by atoms with Gasteiger partial charge in [0.25, 0.3) is 0 Å². The molecule has 11 heavy (non-hydrogen) atoms. The molecule has 0 bridgehead atoms. The molecule has 0 saturated carbocycles. The summed E-state index contributed by atoms with van der Waals surface area (Å²) in [5.41, 5.74) is 4.03. The Morgan fingerprint density at radius 1 is 1.55 bits per heavy atom. The van der Waals surface area contributed by atoms with Crippen LogP contribution in [0.15, 0.2) is 23.3 Å². The van der Waals surface area contributed by atoms with Crippen molar-refractivity contribution in [1.82, 2.24) is 0 Å². The quantitative estimate of drug-likeness (QED) is 0.551. The molecule has 0 amide bonds. The fourth-order valence-corrected chi connectivity index (χ4v) is 2.98. The number of hydrogen-bond acceptors (Lipinski definition) is 0. The molecule has 0 nitrogen and oxygen atoms in total. The van der Waals surface area contributed by atoms with E-state index in [0.29, 0.717) is 0 Å². The first-order chi connectivity index (χ1) is 5.15. The van der Waals surface area contributed by atoms with Crippen molar-refractivity contribution >= 4 is 10.2 Å². The van der Waals surface area contributed by atoms with Crippen LogP contribution >= 0.6 is 0 Å². The summed E-state index contributed by atoms with van der Waals surface area (Å²) in [6.45, 7) is 6.83. The van der Waals surface area contributed by atoms with Gasteiger partial charge in [-0.1, -0.05) is 44.1 Å². The van der Waals surface area contributed by atoms with Crippen LogP contribution in [0.4, 0.5) is 0 Å². The molecule has 0 heterocycles. The van der Waals surface area contributed by atoms with Gasteiger partial charge in [0.2, 0.25) is 0 Å². The van der Waals surface area contributed by atoms with E-state index in [1.54, 1.807) is 11.1 Å². The third-order valence-electron chi connectivity index (χ3n) is 2.42. The number of rotatable bonds is 2. The molecule has 0 radical (unpaired) electrons. The van der Waals surface area contributed by atoms with Gasteiger partial charge in [-0.2, -0.15) is 0 Å². The molecule has 1 atom stereocenters. The number of hydrogen-bond donors (Lipinski definition) is 0. The lowest BCUT2D eigenvalue weighted by Gasteiger charge is -2.10. The topological polar surface area (TPSA) is 0 Å². The third kappa shape index (κ3) is 1.83. The fourth-order valence-electron chi connectivity index (χ4n) is 1.72. The summed E-state index contributed by atoms with van der Waals surface area (Å²) in [5.74, 6) is 0.748. The summed E-state index contributed by atoms with van der Waals surface area (Å²) in [7, 11) is 1.28. The number of allylic oxidation sites excluding steroid dienone is 4. The SMILES string of the molecule is CCC1=CC([SiH3])C(C(C)C)=C1. The largest absolute Gasteiger partial charge is 0.0779 e. The van der Waals surface area contributed by atoms with Crippen molar-refractivity contribution in [2.45, 2.75) is 32.7 Å². The van der Waals surface area contributed by atoms with Crippen LogP contribution in [0.1, 0.15) is 27.2 Å². The molecular weight excluding hydrogens is 148 g/mol. The van der Waals surface area contributed by atoms with Gasteiger partial charge >= 0.3 is 0 Å². The first-order valence-electron chi connectivity index (χ1n) is 4.57. The second-order valence-electron chi connectivity index (χ2n) is 3.68. The van der Waals surface area contributed by atoms with E-state index < -0.39 is 0 Å². The Bertz CT molecular complexity index is 199. The van der Waals surface area contributed by atoms with E-state index in [0.717, 1.165) is 11.5 Å². The maximum Gasteiger partial charge on any atom is 0.0167 e. The first kappa shape index (κ1) is 8.79. The summed E-state index contributed by atoms with van der Waals surface area (Å²) in [6, 6.07) is 0. The van der Waals surface area contributed by atoms with E-state index in [1.165, 1.54) is 16.7 Å². The second kappa shape index (κ2) is 3.40. The molecular formula is C10H18Si. The molecule has 1 rings (SSSR count). The van der Waals surface area contributed by atoms with E-state index in [2.05, 4.69) is 32.9 Å². The first-order valence-corrected chi connectivity index (χ1v) is 5.72. The van der Waals surface area contributed by atoms with Crippen molar-refractivity contribution in [2.24, 2.45) is 5.92 Å². The van der Waals surface area contributed by atoms with Gasteiger partial charge in [-0.3, -0.25) is 0 Å². The van der Waals surface area contributed by atoms with Crippen LogP contribution in [-0.2, 0) is 0 Å². The van der Waals surface area contributed by atoms with E-state index in [9.17, 15) is 0 Å². The molecule has 62 valence electrons. The maximum absolute atomic E-state index is 2.45. The van der Waals surface area contributed by atoms with Crippen molar-refractivity contribution in [3.8, 4) is 0 Å². The molecule has 0 aromatic rings. The van der Waals surface area contributed by atoms with Crippen molar-refractivity contribution in [3.05, 3.63) is 23.3 Å². The Kier molecular flexibility index (Phi) is 2.71. The van der Waals surface area contributed by atoms with Crippen LogP contribution in [0.5, 0.6) is 0 Å². The highest BCUT2D eigenvalue weighted by Gasteiger charge is 2.15. The Balaban J connectivity index is 2.73. The smallest absolute Gasteiger partial charge is 0.0167 e. The van der Waals surface area contributed by atoms with Gasteiger partial charge in [0.1, 0.15) is 0 Å². The third-order valence-corrected chi connectivity index (χ3v) is 3.42. The lowest BCUT2D eigenvalue weighted by atomic mass is 10.0. The van der Waals surface area contributed by atoms with Crippen molar-refractivity contribution in [3.63, 3.8) is 0 Å². The lowest BCUT2D eigenvalue weighted by molar-refractivity contribution is 0.752. The van der Waals surface area contributed by atoms with E-state index in [1.807, 2.05) is 0 Å². The van der Waals surface area contributed by atoms with Crippen LogP contribution in [0.2, 0.25) is 5.54 Å². The highest BCUT2D eigenvalue weighted by Crippen LogP contribution is 2.32. The Labute approximate surface area is 72.8 Å². The van der Waals surface area contributed by atoms with Crippen LogP contribution in [-0.4, -0.2) is 10.2 Å². The van der Waals surface area contributed by atoms with Gasteiger partial charge in [-0.25, -0.2) is 0 Å². The highest BCUT2D eigenvalue weighted by atomic mass is 28.1. The zero-order chi connectivity index (χ0) is 8.43. The zero-order valence-corrected chi connectivity index (χ0v) is 10.0. The normalized spacial score (nSPS) is 24.2. The molecule has 0 aliphatic heterocycles. The Morgan fingerprint density at radius 3 is 2.45 bits per heavy atom. The van der Waals surface area contributed by atoms with Crippen molar-refractivity contribution in [1.29, 1.82) is 0 Å². The minimum absolute atomic E-state index is 0.748. The van der Waals surface area contributed by atoms with Crippen molar-refractivity contribution in [2.75, 3.05) is 0 Å². The second-order valence-corrected chi connectivity index (χ2v) is 4.93. The minimum atomic E-state index is 0.748. The predicted octanol–water partition coefficient (Wildman–Crippen LogP) is 2.07. The van der Waals surface area contributed by atoms with E-state index >= 15 is 0 Å². The molecule has 1 heteroatoms. The molecule has 0 aromatic heterocycles. The van der Waals surface area contributed by atoms with Gasteiger partial charge in [-0.15, -0.1) is 0 Å². The maximum atomic E-state index is 2.45. The van der Waals surface area contributed by atoms with Crippen LogP contribution in [0.25, 0.3) is 0 Å². The molecule has 0 fully saturated rings. The molecule has 0 spiro atoms. The average molecular weight is 166 g/mol. The van der Waals surface area contributed by atoms with Gasteiger partial charge in [0.05, 0.1) is 0 Å². The van der Waals surface area contributed by atoms with E-state index in [-0.39, 0.29) is 0 Å². The van der Waals surface area contributed by atoms with Gasteiger partial charge < -0.3 is 0 Å². The van der Waals surface area contributed by atoms with Crippen LogP contribution in [0.3, 0.4) is 0 Å². The van der Waals surface area contributed by atoms with Crippen LogP contribution < -0.4 is 0 Å². The summed E-state index contributed by atoms with van der Waals surface area (Å²) >= 11 is 0. The van der Waals surface area contributed by atoms with Gasteiger partial charge in [0.15, 0.2) is 0 Å². The average Bonchev–Trinajstić information content (AvgIpc) is 2.30. The lowest BCUT2D eigenvalue weighted by Crippen LogP contribution is -1.97. The monoisotopic (exact) mass is 166 g/mol. The van der Waals surface area contributed by atoms with Crippen LogP contribution in [0, 0.1) is 5.92 Å². The predicted molar refractivity (Wildman–Crippen MR) is 55.0 cm³/mol. The molecule has 0 aromatic carbocycles. The van der Waals surface area contributed by atoms with E-state index in [4.69, 9.17) is 0 Å². The molecule has 1 aliphatic carbocycles. The van der Waals surface area contributed by atoms with Gasteiger partial charge in [0, 0.05) is 10.2 Å². The Hall–Kier alpha value is -0.303. The zero-order valence-electron chi connectivity index (χ0n) is 8.02. The summed E-state index contributed by atoms with van der Waals surface area (Å²) in [6.07, 6.45) is 6.05. The Morgan fingerprint density at radius 2 is 2.18 bits per heavy atom. The fraction of sp³-hybridized carbons (Fsp3) is 0.600. The van der Waals surface area contributed by atoms with Gasteiger partial charge in [-0.05, 0) is 17.9 Å². The molecule has 1 aliphatic rings. The summed E-state index contributed by atoms with van der Waals surface area (Å²) in [5, 5.41) is 0. The molecule has 1 unspecified atom stereocenters.